The van der Waals surface area contributed by atoms with Crippen molar-refractivity contribution in [1.29, 1.82) is 0 Å². The molecule has 3 heteroatoms. The quantitative estimate of drug-likeness (QED) is 0.582. The van der Waals surface area contributed by atoms with Crippen molar-refractivity contribution < 1.29 is 10.3 Å². The van der Waals surface area contributed by atoms with Gasteiger partial charge in [-0.2, -0.15) is 5.06 Å². The van der Waals surface area contributed by atoms with E-state index < -0.39 is 11.6 Å². The fourth-order valence-electron chi connectivity index (χ4n) is 1.87. The molecule has 1 rings (SSSR count). The summed E-state index contributed by atoms with van der Waals surface area (Å²) in [4.78, 5) is 0. The van der Waals surface area contributed by atoms with Crippen molar-refractivity contribution in [3.8, 4) is 0 Å². The average molecular weight is 173 g/mol. The number of aliphatic hydroxyl groups excluding tert-OH is 1. The summed E-state index contributed by atoms with van der Waals surface area (Å²) in [6.07, 6.45) is 1.15. The molecule has 0 radical (unpaired) electrons. The zero-order valence-corrected chi connectivity index (χ0v) is 8.33. The predicted octanol–water partition coefficient (Wildman–Crippen LogP) is 1.39. The van der Waals surface area contributed by atoms with Gasteiger partial charge >= 0.3 is 0 Å². The first kappa shape index (κ1) is 9.96. The topological polar surface area (TPSA) is 43.7 Å². The molecule has 0 aliphatic carbocycles. The highest BCUT2D eigenvalue weighted by Crippen LogP contribution is 2.36. The van der Waals surface area contributed by atoms with Crippen molar-refractivity contribution in [3.63, 3.8) is 0 Å². The highest BCUT2D eigenvalue weighted by Gasteiger charge is 2.46. The van der Waals surface area contributed by atoms with E-state index in [0.717, 1.165) is 12.8 Å². The predicted molar refractivity (Wildman–Crippen MR) is 47.0 cm³/mol. The molecule has 0 amide bonds. The second kappa shape index (κ2) is 2.69. The van der Waals surface area contributed by atoms with E-state index in [9.17, 15) is 10.3 Å². The molecular weight excluding hydrogens is 154 g/mol. The van der Waals surface area contributed by atoms with Crippen LogP contribution in [0.15, 0.2) is 0 Å². The number of hydrogen-bond acceptors (Lipinski definition) is 3. The van der Waals surface area contributed by atoms with Crippen LogP contribution in [0.4, 0.5) is 0 Å². The standard InChI is InChI=1S/C9H19NO2/c1-8(2)6-5-7(11)9(3,4)10(8)12/h7,11-12H,5-6H2,1-4H3. The molecule has 0 spiro atoms. The van der Waals surface area contributed by atoms with E-state index in [1.165, 1.54) is 5.06 Å². The smallest absolute Gasteiger partial charge is 0.0742 e. The fourth-order valence-corrected chi connectivity index (χ4v) is 1.87. The zero-order chi connectivity index (χ0) is 9.57. The maximum absolute atomic E-state index is 9.81. The third-order valence-electron chi connectivity index (χ3n) is 2.96. The number of aliphatic hydroxyl groups is 1. The van der Waals surface area contributed by atoms with Gasteiger partial charge in [-0.05, 0) is 40.5 Å². The molecule has 1 atom stereocenters. The molecule has 1 heterocycles. The van der Waals surface area contributed by atoms with Gasteiger partial charge in [0.05, 0.1) is 11.6 Å². The Morgan fingerprint density at radius 1 is 1.25 bits per heavy atom. The molecule has 2 N–H and O–H groups in total. The Morgan fingerprint density at radius 2 is 1.75 bits per heavy atom. The van der Waals surface area contributed by atoms with Gasteiger partial charge in [0.1, 0.15) is 0 Å². The highest BCUT2D eigenvalue weighted by atomic mass is 16.5. The summed E-state index contributed by atoms with van der Waals surface area (Å²) in [7, 11) is 0. The number of piperidine rings is 1. The molecule has 1 saturated heterocycles. The Hall–Kier alpha value is -0.120. The Labute approximate surface area is 74.0 Å². The first-order valence-corrected chi connectivity index (χ1v) is 4.46. The summed E-state index contributed by atoms with van der Waals surface area (Å²) in [6.45, 7) is 7.69. The van der Waals surface area contributed by atoms with Gasteiger partial charge in [-0.25, -0.2) is 0 Å². The number of nitrogens with zero attached hydrogens (tertiary/aromatic N) is 1. The third-order valence-corrected chi connectivity index (χ3v) is 2.96. The third kappa shape index (κ3) is 1.37. The molecule has 72 valence electrons. The monoisotopic (exact) mass is 173 g/mol. The lowest BCUT2D eigenvalue weighted by Gasteiger charge is -2.51. The van der Waals surface area contributed by atoms with Gasteiger partial charge in [-0.1, -0.05) is 0 Å². The van der Waals surface area contributed by atoms with Crippen LogP contribution < -0.4 is 0 Å². The van der Waals surface area contributed by atoms with Crippen LogP contribution in [0, 0.1) is 0 Å². The van der Waals surface area contributed by atoms with Gasteiger partial charge in [-0.3, -0.25) is 0 Å². The van der Waals surface area contributed by atoms with Gasteiger partial charge in [0.15, 0.2) is 0 Å². The SMILES string of the molecule is CC1(C)CCC(O)C(C)(C)N1O. The van der Waals surface area contributed by atoms with Gasteiger partial charge in [0, 0.05) is 5.54 Å². The maximum atomic E-state index is 9.81. The number of rotatable bonds is 0. The van der Waals surface area contributed by atoms with Crippen LogP contribution in [0.5, 0.6) is 0 Å². The van der Waals surface area contributed by atoms with Crippen LogP contribution in [0.25, 0.3) is 0 Å². The normalized spacial score (nSPS) is 35.0. The fraction of sp³-hybridized carbons (Fsp3) is 1.00. The van der Waals surface area contributed by atoms with Gasteiger partial charge in [0.25, 0.3) is 0 Å². The van der Waals surface area contributed by atoms with Crippen LogP contribution >= 0.6 is 0 Å². The summed E-state index contributed by atoms with van der Waals surface area (Å²) in [5.41, 5.74) is -0.746. The van der Waals surface area contributed by atoms with Crippen LogP contribution in [0.3, 0.4) is 0 Å². The lowest BCUT2D eigenvalue weighted by Crippen LogP contribution is -2.62. The van der Waals surface area contributed by atoms with Gasteiger partial charge in [0.2, 0.25) is 0 Å². The van der Waals surface area contributed by atoms with Gasteiger partial charge in [-0.15, -0.1) is 0 Å². The van der Waals surface area contributed by atoms with Crippen molar-refractivity contribution in [2.75, 3.05) is 0 Å². The first-order valence-electron chi connectivity index (χ1n) is 4.46. The molecule has 12 heavy (non-hydrogen) atoms. The summed E-state index contributed by atoms with van der Waals surface area (Å²) in [6, 6.07) is 0. The minimum atomic E-state index is -0.526. The largest absolute Gasteiger partial charge is 0.391 e. The molecule has 1 aliphatic heterocycles. The highest BCUT2D eigenvalue weighted by molar-refractivity contribution is 4.97. The molecule has 0 aromatic rings. The molecule has 1 aliphatic rings. The van der Waals surface area contributed by atoms with Gasteiger partial charge < -0.3 is 10.3 Å². The zero-order valence-electron chi connectivity index (χ0n) is 8.33. The molecule has 0 bridgehead atoms. The van der Waals surface area contributed by atoms with E-state index >= 15 is 0 Å². The average Bonchev–Trinajstić information content (AvgIpc) is 1.96. The maximum Gasteiger partial charge on any atom is 0.0742 e. The first-order chi connectivity index (χ1) is 5.28. The Kier molecular flexibility index (Phi) is 2.23. The van der Waals surface area contributed by atoms with E-state index in [1.807, 2.05) is 27.7 Å². The number of hydroxylamine groups is 2. The minimum absolute atomic E-state index is 0.220. The van der Waals surface area contributed by atoms with Crippen LogP contribution in [0.2, 0.25) is 0 Å². The van der Waals surface area contributed by atoms with Crippen molar-refractivity contribution >= 4 is 0 Å². The molecule has 0 saturated carbocycles. The minimum Gasteiger partial charge on any atom is -0.391 e. The Bertz CT molecular complexity index is 177. The summed E-state index contributed by atoms with van der Waals surface area (Å²) >= 11 is 0. The van der Waals surface area contributed by atoms with Crippen molar-refractivity contribution in [2.45, 2.75) is 57.7 Å². The molecule has 1 fully saturated rings. The second-order valence-corrected chi connectivity index (χ2v) is 4.83. The Balaban J connectivity index is 2.86. The molecule has 3 nitrogen and oxygen atoms in total. The van der Waals surface area contributed by atoms with E-state index in [1.54, 1.807) is 0 Å². The van der Waals surface area contributed by atoms with E-state index in [0.29, 0.717) is 0 Å². The summed E-state index contributed by atoms with van der Waals surface area (Å²) in [5.74, 6) is 0. The Morgan fingerprint density at radius 3 is 2.17 bits per heavy atom. The van der Waals surface area contributed by atoms with Crippen LogP contribution in [-0.4, -0.2) is 32.6 Å². The molecule has 1 unspecified atom stereocenters. The molecule has 0 aromatic heterocycles. The summed E-state index contributed by atoms with van der Waals surface area (Å²) in [5, 5.41) is 20.7. The van der Waals surface area contributed by atoms with E-state index in [4.69, 9.17) is 0 Å². The van der Waals surface area contributed by atoms with E-state index in [-0.39, 0.29) is 5.54 Å². The molecule has 0 aromatic carbocycles. The molecular formula is C9H19NO2. The lowest BCUT2D eigenvalue weighted by molar-refractivity contribution is -0.269. The van der Waals surface area contributed by atoms with Crippen LogP contribution in [0.1, 0.15) is 40.5 Å². The van der Waals surface area contributed by atoms with Crippen molar-refractivity contribution in [3.05, 3.63) is 0 Å². The number of hydrogen-bond donors (Lipinski definition) is 2. The lowest BCUT2D eigenvalue weighted by atomic mass is 9.80. The van der Waals surface area contributed by atoms with Crippen molar-refractivity contribution in [1.82, 2.24) is 5.06 Å². The summed E-state index contributed by atoms with van der Waals surface area (Å²) < 4.78 is 0. The van der Waals surface area contributed by atoms with E-state index in [2.05, 4.69) is 0 Å². The van der Waals surface area contributed by atoms with Crippen molar-refractivity contribution in [2.24, 2.45) is 0 Å². The van der Waals surface area contributed by atoms with Crippen LogP contribution in [-0.2, 0) is 0 Å². The second-order valence-electron chi connectivity index (χ2n) is 4.83.